The van der Waals surface area contributed by atoms with E-state index in [2.05, 4.69) is 0 Å². The highest BCUT2D eigenvalue weighted by atomic mass is 16.5. The van der Waals surface area contributed by atoms with Gasteiger partial charge in [0.25, 0.3) is 0 Å². The van der Waals surface area contributed by atoms with Gasteiger partial charge in [-0.05, 0) is 6.42 Å². The first-order valence-corrected chi connectivity index (χ1v) is 3.52. The van der Waals surface area contributed by atoms with Crippen molar-refractivity contribution in [3.05, 3.63) is 0 Å². The van der Waals surface area contributed by atoms with Gasteiger partial charge in [-0.2, -0.15) is 0 Å². The van der Waals surface area contributed by atoms with Crippen LogP contribution in [0.1, 0.15) is 6.42 Å². The molecular formula is C6H14O6. The van der Waals surface area contributed by atoms with Crippen molar-refractivity contribution < 1.29 is 30.6 Å². The first-order valence-electron chi connectivity index (χ1n) is 3.52. The Morgan fingerprint density at radius 3 is 1.67 bits per heavy atom. The summed E-state index contributed by atoms with van der Waals surface area (Å²) < 4.78 is 0. The Labute approximate surface area is 69.3 Å². The number of aliphatic hydroxyl groups is 6. The molecule has 0 heterocycles. The molecule has 12 heavy (non-hydrogen) atoms. The van der Waals surface area contributed by atoms with Crippen LogP contribution in [0.2, 0.25) is 0 Å². The van der Waals surface area contributed by atoms with E-state index < -0.39 is 24.6 Å². The third kappa shape index (κ3) is 3.44. The molecule has 0 rings (SSSR count). The van der Waals surface area contributed by atoms with Gasteiger partial charge < -0.3 is 30.6 Å². The normalized spacial score (nSPS) is 19.2. The van der Waals surface area contributed by atoms with E-state index in [0.717, 1.165) is 0 Å². The zero-order valence-electron chi connectivity index (χ0n) is 6.41. The summed E-state index contributed by atoms with van der Waals surface area (Å²) in [5.41, 5.74) is 0. The summed E-state index contributed by atoms with van der Waals surface area (Å²) in [6.07, 6.45) is -7.10. The predicted molar refractivity (Wildman–Crippen MR) is 37.9 cm³/mol. The van der Waals surface area contributed by atoms with E-state index >= 15 is 0 Å². The van der Waals surface area contributed by atoms with Crippen LogP contribution in [-0.4, -0.2) is 61.8 Å². The Morgan fingerprint density at radius 2 is 1.33 bits per heavy atom. The third-order valence-corrected chi connectivity index (χ3v) is 1.47. The van der Waals surface area contributed by atoms with Crippen LogP contribution >= 0.6 is 0 Å². The van der Waals surface area contributed by atoms with E-state index in [1.54, 1.807) is 0 Å². The number of hydrogen-bond donors (Lipinski definition) is 6. The van der Waals surface area contributed by atoms with Gasteiger partial charge in [0.2, 0.25) is 0 Å². The maximum atomic E-state index is 8.96. The molecule has 0 amide bonds. The molecular weight excluding hydrogens is 168 g/mol. The van der Waals surface area contributed by atoms with Crippen LogP contribution in [0, 0.1) is 0 Å². The highest BCUT2D eigenvalue weighted by Crippen LogP contribution is 2.05. The molecule has 0 aliphatic rings. The monoisotopic (exact) mass is 182 g/mol. The Hall–Kier alpha value is -0.240. The largest absolute Gasteiger partial charge is 0.396 e. The summed E-state index contributed by atoms with van der Waals surface area (Å²) in [7, 11) is 0. The SMILES string of the molecule is OCC[C@H](O)[C@H](O)C(O)C(O)O. The molecule has 0 aliphatic carbocycles. The quantitative estimate of drug-likeness (QED) is 0.248. The fraction of sp³-hybridized carbons (Fsp3) is 1.00. The zero-order valence-corrected chi connectivity index (χ0v) is 6.41. The van der Waals surface area contributed by atoms with Gasteiger partial charge in [0.15, 0.2) is 6.29 Å². The van der Waals surface area contributed by atoms with Crippen LogP contribution in [0.5, 0.6) is 0 Å². The average Bonchev–Trinajstić information content (AvgIpc) is 2.02. The minimum atomic E-state index is -2.10. The molecule has 0 saturated carbocycles. The third-order valence-electron chi connectivity index (χ3n) is 1.47. The van der Waals surface area contributed by atoms with Crippen molar-refractivity contribution in [1.29, 1.82) is 0 Å². The van der Waals surface area contributed by atoms with Crippen LogP contribution in [0.4, 0.5) is 0 Å². The van der Waals surface area contributed by atoms with Crippen molar-refractivity contribution in [2.45, 2.75) is 31.0 Å². The van der Waals surface area contributed by atoms with E-state index in [9.17, 15) is 0 Å². The molecule has 0 radical (unpaired) electrons. The van der Waals surface area contributed by atoms with E-state index in [1.165, 1.54) is 0 Å². The van der Waals surface area contributed by atoms with Crippen LogP contribution < -0.4 is 0 Å². The van der Waals surface area contributed by atoms with Crippen LogP contribution in [0.25, 0.3) is 0 Å². The average molecular weight is 182 g/mol. The summed E-state index contributed by atoms with van der Waals surface area (Å²) in [6.45, 7) is -0.355. The van der Waals surface area contributed by atoms with E-state index in [1.807, 2.05) is 0 Å². The van der Waals surface area contributed by atoms with Crippen LogP contribution in [-0.2, 0) is 0 Å². The molecule has 0 saturated heterocycles. The standard InChI is InChI=1S/C6H14O6/c7-2-1-3(8)4(9)5(10)6(11)12/h3-12H,1-2H2/t3-,4-,5?/m0/s1. The summed E-state index contributed by atoms with van der Waals surface area (Å²) in [5.74, 6) is 0. The van der Waals surface area contributed by atoms with Gasteiger partial charge in [0.1, 0.15) is 12.2 Å². The molecule has 0 aromatic carbocycles. The lowest BCUT2D eigenvalue weighted by molar-refractivity contribution is -0.178. The molecule has 0 aromatic heterocycles. The molecule has 0 aliphatic heterocycles. The topological polar surface area (TPSA) is 121 Å². The van der Waals surface area contributed by atoms with Gasteiger partial charge >= 0.3 is 0 Å². The lowest BCUT2D eigenvalue weighted by Gasteiger charge is -2.23. The molecule has 0 bridgehead atoms. The second-order valence-corrected chi connectivity index (χ2v) is 2.47. The smallest absolute Gasteiger partial charge is 0.180 e. The summed E-state index contributed by atoms with van der Waals surface area (Å²) >= 11 is 0. The van der Waals surface area contributed by atoms with Gasteiger partial charge in [-0.1, -0.05) is 0 Å². The van der Waals surface area contributed by atoms with Gasteiger partial charge in [-0.15, -0.1) is 0 Å². The van der Waals surface area contributed by atoms with E-state index in [4.69, 9.17) is 30.6 Å². The van der Waals surface area contributed by atoms with Crippen molar-refractivity contribution in [2.75, 3.05) is 6.61 Å². The fourth-order valence-electron chi connectivity index (χ4n) is 0.707. The number of rotatable bonds is 5. The molecule has 3 atom stereocenters. The number of hydrogen-bond acceptors (Lipinski definition) is 6. The molecule has 74 valence electrons. The molecule has 0 aromatic rings. The van der Waals surface area contributed by atoms with Crippen LogP contribution in [0.15, 0.2) is 0 Å². The molecule has 6 nitrogen and oxygen atoms in total. The molecule has 6 heteroatoms. The Bertz CT molecular complexity index is 117. The van der Waals surface area contributed by atoms with Crippen molar-refractivity contribution in [3.63, 3.8) is 0 Å². The second kappa shape index (κ2) is 5.41. The van der Waals surface area contributed by atoms with Crippen molar-refractivity contribution >= 4 is 0 Å². The Morgan fingerprint density at radius 1 is 0.833 bits per heavy atom. The zero-order chi connectivity index (χ0) is 9.72. The maximum Gasteiger partial charge on any atom is 0.180 e. The predicted octanol–water partition coefficient (Wildman–Crippen LogP) is -3.24. The highest BCUT2D eigenvalue weighted by Gasteiger charge is 2.28. The number of aliphatic hydroxyl groups excluding tert-OH is 5. The minimum absolute atomic E-state index is 0.134. The second-order valence-electron chi connectivity index (χ2n) is 2.47. The molecule has 0 fully saturated rings. The van der Waals surface area contributed by atoms with Gasteiger partial charge in [0, 0.05) is 6.61 Å². The minimum Gasteiger partial charge on any atom is -0.396 e. The van der Waals surface area contributed by atoms with E-state index in [0.29, 0.717) is 0 Å². The Kier molecular flexibility index (Phi) is 5.31. The van der Waals surface area contributed by atoms with E-state index in [-0.39, 0.29) is 13.0 Å². The molecule has 6 N–H and O–H groups in total. The fourth-order valence-corrected chi connectivity index (χ4v) is 0.707. The molecule has 0 spiro atoms. The lowest BCUT2D eigenvalue weighted by atomic mass is 10.1. The van der Waals surface area contributed by atoms with Gasteiger partial charge in [-0.25, -0.2) is 0 Å². The summed E-state index contributed by atoms with van der Waals surface area (Å²) in [4.78, 5) is 0. The summed E-state index contributed by atoms with van der Waals surface area (Å²) in [5, 5.41) is 51.8. The highest BCUT2D eigenvalue weighted by molar-refractivity contribution is 4.75. The van der Waals surface area contributed by atoms with Gasteiger partial charge in [0.05, 0.1) is 6.10 Å². The van der Waals surface area contributed by atoms with Gasteiger partial charge in [-0.3, -0.25) is 0 Å². The maximum absolute atomic E-state index is 8.96. The van der Waals surface area contributed by atoms with Crippen molar-refractivity contribution in [2.24, 2.45) is 0 Å². The van der Waals surface area contributed by atoms with Crippen molar-refractivity contribution in [3.8, 4) is 0 Å². The molecule has 1 unspecified atom stereocenters. The Balaban J connectivity index is 3.90. The van der Waals surface area contributed by atoms with Crippen molar-refractivity contribution in [1.82, 2.24) is 0 Å². The van der Waals surface area contributed by atoms with Crippen LogP contribution in [0.3, 0.4) is 0 Å². The lowest BCUT2D eigenvalue weighted by Crippen LogP contribution is -2.44. The first kappa shape index (κ1) is 11.8. The first-order chi connectivity index (χ1) is 5.50. The summed E-state index contributed by atoms with van der Waals surface area (Å²) in [6, 6.07) is 0.